The zero-order valence-electron chi connectivity index (χ0n) is 25.2. The molecule has 44 heavy (non-hydrogen) atoms. The van der Waals surface area contributed by atoms with Gasteiger partial charge < -0.3 is 20.7 Å². The fourth-order valence-corrected chi connectivity index (χ4v) is 7.48. The quantitative estimate of drug-likeness (QED) is 0.423. The molecule has 4 N–H and O–H groups in total. The maximum atomic E-state index is 14.0. The van der Waals surface area contributed by atoms with E-state index >= 15 is 0 Å². The van der Waals surface area contributed by atoms with Gasteiger partial charge in [0.2, 0.25) is 11.8 Å². The lowest BCUT2D eigenvalue weighted by atomic mass is 10.0. The first kappa shape index (κ1) is 32.8. The summed E-state index contributed by atoms with van der Waals surface area (Å²) in [6, 6.07) is 4.45. The Bertz CT molecular complexity index is 1460. The molecule has 0 bridgehead atoms. The molecule has 0 spiro atoms. The van der Waals surface area contributed by atoms with Crippen molar-refractivity contribution >= 4 is 39.6 Å². The van der Waals surface area contributed by atoms with Crippen LogP contribution >= 0.6 is 0 Å². The summed E-state index contributed by atoms with van der Waals surface area (Å²) in [5.74, 6) is -1.77. The molecular weight excluding hydrogens is 588 g/mol. The molecule has 14 heteroatoms. The number of carbonyl (C=O) groups is 4. The molecule has 238 valence electrons. The summed E-state index contributed by atoms with van der Waals surface area (Å²) in [4.78, 5) is 53.7. The Labute approximate surface area is 257 Å². The number of carbonyl (C=O) groups excluding carboxylic acids is 4. The minimum absolute atomic E-state index is 0.130. The Kier molecular flexibility index (Phi) is 9.58. The molecular formula is C30H40N6O7S. The number of sulfonamides is 1. The number of nitriles is 1. The molecule has 2 fully saturated rings. The van der Waals surface area contributed by atoms with E-state index in [2.05, 4.69) is 10.0 Å². The molecule has 3 aliphatic rings. The smallest absolute Gasteiger partial charge is 0.419 e. The maximum absolute atomic E-state index is 14.0. The zero-order chi connectivity index (χ0) is 32.3. The topological polar surface area (TPSA) is 192 Å². The molecule has 5 amide bonds. The molecule has 1 saturated carbocycles. The minimum atomic E-state index is -4.18. The van der Waals surface area contributed by atoms with Crippen LogP contribution in [0, 0.1) is 17.2 Å². The van der Waals surface area contributed by atoms with Crippen LogP contribution in [0.2, 0.25) is 0 Å². The predicted molar refractivity (Wildman–Crippen MR) is 161 cm³/mol. The van der Waals surface area contributed by atoms with E-state index in [0.717, 1.165) is 6.42 Å². The number of imide groups is 1. The van der Waals surface area contributed by atoms with Crippen LogP contribution in [-0.2, 0) is 24.3 Å². The van der Waals surface area contributed by atoms with E-state index in [0.29, 0.717) is 36.1 Å². The highest BCUT2D eigenvalue weighted by molar-refractivity contribution is 7.94. The van der Waals surface area contributed by atoms with Crippen molar-refractivity contribution in [3.8, 4) is 6.07 Å². The van der Waals surface area contributed by atoms with Gasteiger partial charge in [-0.25, -0.2) is 22.9 Å². The average Bonchev–Trinajstić information content (AvgIpc) is 3.41. The highest BCUT2D eigenvalue weighted by atomic mass is 32.2. The molecule has 4 atom stereocenters. The van der Waals surface area contributed by atoms with Crippen LogP contribution in [-0.4, -0.2) is 71.3 Å². The number of nitrogens with one attached hydrogen (secondary N) is 2. The number of benzene rings is 1. The summed E-state index contributed by atoms with van der Waals surface area (Å²) in [6.07, 6.45) is 6.15. The Balaban J connectivity index is 1.65. The third kappa shape index (κ3) is 7.15. The summed E-state index contributed by atoms with van der Waals surface area (Å²) < 4.78 is 35.5. The maximum Gasteiger partial charge on any atom is 0.419 e. The van der Waals surface area contributed by atoms with Crippen LogP contribution in [0.1, 0.15) is 77.7 Å². The number of primary amides is 1. The van der Waals surface area contributed by atoms with Gasteiger partial charge in [-0.15, -0.1) is 0 Å². The monoisotopic (exact) mass is 628 g/mol. The number of ether oxygens (including phenoxy) is 1. The zero-order valence-corrected chi connectivity index (χ0v) is 26.1. The minimum Gasteiger partial charge on any atom is -0.443 e. The molecule has 4 rings (SSSR count). The number of allylic oxidation sites excluding steroid dienone is 1. The molecule has 1 aliphatic carbocycles. The second-order valence-corrected chi connectivity index (χ2v) is 14.4. The number of urea groups is 1. The number of nitrogens with two attached hydrogens (primary N) is 1. The van der Waals surface area contributed by atoms with Crippen LogP contribution in [0.4, 0.5) is 15.3 Å². The lowest BCUT2D eigenvalue weighted by molar-refractivity contribution is -0.142. The molecule has 1 aromatic rings. The van der Waals surface area contributed by atoms with Crippen molar-refractivity contribution in [3.05, 3.63) is 42.0 Å². The summed E-state index contributed by atoms with van der Waals surface area (Å²) in [5, 5.41) is 11.8. The lowest BCUT2D eigenvalue weighted by Crippen LogP contribution is -2.59. The van der Waals surface area contributed by atoms with Gasteiger partial charge >= 0.3 is 12.1 Å². The molecule has 0 aromatic heterocycles. The van der Waals surface area contributed by atoms with E-state index in [-0.39, 0.29) is 31.5 Å². The number of hydrogen-bond donors (Lipinski definition) is 3. The van der Waals surface area contributed by atoms with Gasteiger partial charge in [0.1, 0.15) is 17.7 Å². The van der Waals surface area contributed by atoms with Crippen LogP contribution < -0.4 is 15.8 Å². The van der Waals surface area contributed by atoms with Crippen molar-refractivity contribution < 1.29 is 32.3 Å². The normalized spacial score (nSPS) is 26.9. The summed E-state index contributed by atoms with van der Waals surface area (Å²) in [5.41, 5.74) is 5.26. The van der Waals surface area contributed by atoms with Crippen molar-refractivity contribution in [2.24, 2.45) is 11.7 Å². The Hall–Kier alpha value is -4.12. The first-order chi connectivity index (χ1) is 20.7. The van der Waals surface area contributed by atoms with E-state index in [1.807, 2.05) is 12.1 Å². The number of nitrogens with zero attached hydrogens (tertiary/aromatic N) is 3. The van der Waals surface area contributed by atoms with Crippen molar-refractivity contribution in [1.82, 2.24) is 15.1 Å². The second-order valence-electron chi connectivity index (χ2n) is 12.4. The van der Waals surface area contributed by atoms with E-state index in [1.165, 1.54) is 29.2 Å². The van der Waals surface area contributed by atoms with Gasteiger partial charge in [0.05, 0.1) is 11.6 Å². The SMILES string of the molecule is CC(C)(C)OC(=O)N(C(N)=O)[C@H]1CCCCC/C=C\[C@@H]2C[C@]2(S(=O)(=O)Nc2ccc(C#N)cc2)NC(=O)[C@@H]2CCCN2C1=O. The summed E-state index contributed by atoms with van der Waals surface area (Å²) >= 11 is 0. The third-order valence-electron chi connectivity index (χ3n) is 8.02. The summed E-state index contributed by atoms with van der Waals surface area (Å²) in [7, 11) is -4.18. The van der Waals surface area contributed by atoms with Gasteiger partial charge in [-0.3, -0.25) is 14.3 Å². The van der Waals surface area contributed by atoms with Gasteiger partial charge in [0, 0.05) is 18.2 Å². The first-order valence-electron chi connectivity index (χ1n) is 14.8. The third-order valence-corrected chi connectivity index (χ3v) is 10.1. The van der Waals surface area contributed by atoms with Crippen molar-refractivity contribution in [2.75, 3.05) is 11.3 Å². The number of amides is 5. The van der Waals surface area contributed by atoms with Crippen LogP contribution in [0.25, 0.3) is 0 Å². The van der Waals surface area contributed by atoms with Gasteiger partial charge in [-0.2, -0.15) is 5.26 Å². The average molecular weight is 629 g/mol. The van der Waals surface area contributed by atoms with E-state index in [9.17, 15) is 27.6 Å². The van der Waals surface area contributed by atoms with Gasteiger partial charge in [0.25, 0.3) is 10.0 Å². The largest absolute Gasteiger partial charge is 0.443 e. The fourth-order valence-electron chi connectivity index (χ4n) is 5.74. The van der Waals surface area contributed by atoms with Gasteiger partial charge in [-0.1, -0.05) is 25.0 Å². The lowest BCUT2D eigenvalue weighted by Gasteiger charge is -2.34. The molecule has 2 heterocycles. The fraction of sp³-hybridized carbons (Fsp3) is 0.567. The molecule has 1 saturated heterocycles. The van der Waals surface area contributed by atoms with Gasteiger partial charge in [0.15, 0.2) is 4.87 Å². The van der Waals surface area contributed by atoms with Crippen molar-refractivity contribution in [3.63, 3.8) is 0 Å². The number of rotatable bonds is 4. The molecule has 1 aromatic carbocycles. The van der Waals surface area contributed by atoms with Crippen LogP contribution in [0.15, 0.2) is 36.4 Å². The summed E-state index contributed by atoms with van der Waals surface area (Å²) in [6.45, 7) is 5.06. The van der Waals surface area contributed by atoms with Crippen LogP contribution in [0.3, 0.4) is 0 Å². The van der Waals surface area contributed by atoms with Gasteiger partial charge in [-0.05, 0) is 83.6 Å². The van der Waals surface area contributed by atoms with E-state index in [4.69, 9.17) is 15.7 Å². The standard InChI is InChI=1S/C30H40N6O7S/c1-29(2,3)43-28(40)36(27(32)39)24-11-8-6-4-5-7-10-21-18-30(21,33-25(37)23-12-9-17-35(23)26(24)38)44(41,42)34-22-15-13-20(19-31)14-16-22/h7,10,13-16,21,23-24,34H,4-6,8-9,11-12,17-18H2,1-3H3,(H2,32,39)(H,33,37)/b10-7-/t21-,23+,24+,30-/m1/s1. The Morgan fingerprint density at radius 3 is 2.48 bits per heavy atom. The second kappa shape index (κ2) is 12.9. The predicted octanol–water partition coefficient (Wildman–Crippen LogP) is 3.33. The van der Waals surface area contributed by atoms with E-state index in [1.54, 1.807) is 26.8 Å². The molecule has 0 radical (unpaired) electrons. The van der Waals surface area contributed by atoms with Crippen molar-refractivity contribution in [2.45, 2.75) is 94.7 Å². The molecule has 0 unspecified atom stereocenters. The molecule has 13 nitrogen and oxygen atoms in total. The Morgan fingerprint density at radius 2 is 1.84 bits per heavy atom. The number of hydrogen-bond acceptors (Lipinski definition) is 8. The Morgan fingerprint density at radius 1 is 1.14 bits per heavy atom. The number of fused-ring (bicyclic) bond motifs is 2. The highest BCUT2D eigenvalue weighted by Crippen LogP contribution is 2.50. The number of anilines is 1. The molecule has 2 aliphatic heterocycles. The van der Waals surface area contributed by atoms with E-state index < -0.39 is 62.4 Å². The first-order valence-corrected chi connectivity index (χ1v) is 16.3. The van der Waals surface area contributed by atoms with Crippen LogP contribution in [0.5, 0.6) is 0 Å². The van der Waals surface area contributed by atoms with Crippen molar-refractivity contribution in [1.29, 1.82) is 5.26 Å². The highest BCUT2D eigenvalue weighted by Gasteiger charge is 2.64.